The quantitative estimate of drug-likeness (QED) is 0.121. The van der Waals surface area contributed by atoms with E-state index in [-0.39, 0.29) is 48.6 Å². The number of likely N-dealkylation sites (tertiary alicyclic amines) is 3. The standard InChI is InChI=1S/C53H63N11O6/c1-6-32-11-12-38-40(18-24-70-45(38)25-32)57-49(67)43-26-36(65)30-64(43)50(68)47(53(3,4)5)58-52(69)62-21-15-35(16-22-62)61-19-13-33(14-20-61)34-28-54-51(55-29-34)63-23-17-41-46(31(63)2)39-27-42(59-60-48(39)56-41)37-9-7-8-10-44(37)66/h1,7-12,25,27-29,31,33,35-36,40,43,47,65-66H,13-24,26,30H2,2-5H3,(H,56,60)(H,57,67)(H,58,69)/t31-,36-,40+,43+,47-/m1/s1. The van der Waals surface area contributed by atoms with Crippen LogP contribution in [0.5, 0.6) is 11.5 Å². The fourth-order valence-electron chi connectivity index (χ4n) is 11.4. The number of aromatic hydroxyl groups is 1. The summed E-state index contributed by atoms with van der Waals surface area (Å²) in [6.45, 7) is 12.1. The second-order valence-corrected chi connectivity index (χ2v) is 20.7. The van der Waals surface area contributed by atoms with E-state index in [4.69, 9.17) is 21.1 Å². The number of hydrogen-bond acceptors (Lipinski definition) is 12. The fourth-order valence-corrected chi connectivity index (χ4v) is 11.4. The van der Waals surface area contributed by atoms with Gasteiger partial charge in [0.2, 0.25) is 17.8 Å². The number of carbonyl (C=O) groups excluding carboxylic acids is 3. The van der Waals surface area contributed by atoms with Crippen LogP contribution in [-0.4, -0.2) is 138 Å². The van der Waals surface area contributed by atoms with Crippen molar-refractivity contribution in [3.63, 3.8) is 0 Å². The van der Waals surface area contributed by atoms with E-state index in [1.807, 2.05) is 63.5 Å². The molecular formula is C53H63N11O6. The van der Waals surface area contributed by atoms with E-state index in [0.717, 1.165) is 85.2 Å². The third-order valence-corrected chi connectivity index (χ3v) is 15.3. The van der Waals surface area contributed by atoms with Crippen molar-refractivity contribution in [3.8, 4) is 35.1 Å². The van der Waals surface area contributed by atoms with Gasteiger partial charge in [0.1, 0.15) is 23.6 Å². The molecule has 0 radical (unpaired) electrons. The van der Waals surface area contributed by atoms with Crippen LogP contribution in [0.1, 0.15) is 112 Å². The summed E-state index contributed by atoms with van der Waals surface area (Å²) in [6, 6.07) is 12.5. The Morgan fingerprint density at radius 1 is 0.957 bits per heavy atom. The minimum absolute atomic E-state index is 0.00171. The number of aromatic amines is 1. The molecule has 5 atom stereocenters. The number of amides is 4. The molecule has 0 aliphatic carbocycles. The number of rotatable bonds is 8. The number of H-pyrrole nitrogens is 1. The number of phenols is 1. The molecule has 5 aromatic rings. The van der Waals surface area contributed by atoms with E-state index in [9.17, 15) is 24.6 Å². The maximum absolute atomic E-state index is 14.4. The smallest absolute Gasteiger partial charge is 0.318 e. The molecule has 10 rings (SSSR count). The van der Waals surface area contributed by atoms with Crippen LogP contribution in [-0.2, 0) is 16.0 Å². The number of terminal acetylenes is 1. The Hall–Kier alpha value is -6.77. The van der Waals surface area contributed by atoms with Gasteiger partial charge < -0.3 is 50.2 Å². The molecule has 17 nitrogen and oxygen atoms in total. The number of aliphatic hydroxyl groups excluding tert-OH is 1. The van der Waals surface area contributed by atoms with E-state index in [1.54, 1.807) is 23.1 Å². The molecule has 5 aliphatic rings. The number of ether oxygens (including phenoxy) is 1. The average Bonchev–Trinajstić information content (AvgIpc) is 3.96. The highest BCUT2D eigenvalue weighted by Gasteiger charge is 2.46. The first kappa shape index (κ1) is 46.9. The zero-order chi connectivity index (χ0) is 48.8. The second kappa shape index (κ2) is 19.2. The Morgan fingerprint density at radius 2 is 1.71 bits per heavy atom. The number of hydrogen-bond donors (Lipinski definition) is 5. The predicted octanol–water partition coefficient (Wildman–Crippen LogP) is 5.60. The normalized spacial score (nSPS) is 22.7. The topological polar surface area (TPSA) is 205 Å². The van der Waals surface area contributed by atoms with E-state index >= 15 is 0 Å². The van der Waals surface area contributed by atoms with Gasteiger partial charge in [-0.15, -0.1) is 16.6 Å². The Bertz CT molecular complexity index is 2800. The Morgan fingerprint density at radius 3 is 2.44 bits per heavy atom. The number of benzene rings is 2. The predicted molar refractivity (Wildman–Crippen MR) is 264 cm³/mol. The summed E-state index contributed by atoms with van der Waals surface area (Å²) in [5.74, 6) is 3.72. The molecule has 0 bridgehead atoms. The van der Waals surface area contributed by atoms with Gasteiger partial charge in [-0.1, -0.05) is 44.9 Å². The van der Waals surface area contributed by atoms with Gasteiger partial charge >= 0.3 is 6.03 Å². The first-order valence-electron chi connectivity index (χ1n) is 24.8. The minimum Gasteiger partial charge on any atom is -0.507 e. The molecule has 2 aromatic carbocycles. The fraction of sp³-hybridized carbons (Fsp3) is 0.491. The van der Waals surface area contributed by atoms with Crippen molar-refractivity contribution in [1.82, 2.24) is 50.5 Å². The molecule has 3 aromatic heterocycles. The first-order valence-corrected chi connectivity index (χ1v) is 24.8. The molecule has 3 saturated heterocycles. The van der Waals surface area contributed by atoms with Gasteiger partial charge in [0.25, 0.3) is 0 Å². The molecule has 3 fully saturated rings. The van der Waals surface area contributed by atoms with Crippen LogP contribution in [0.2, 0.25) is 0 Å². The largest absolute Gasteiger partial charge is 0.507 e. The number of aromatic nitrogens is 5. The van der Waals surface area contributed by atoms with Crippen molar-refractivity contribution in [3.05, 3.63) is 88.9 Å². The Labute approximate surface area is 408 Å². The number of phenolic OH excluding ortho intramolecular Hbond substituents is 1. The zero-order valence-electron chi connectivity index (χ0n) is 40.4. The highest BCUT2D eigenvalue weighted by atomic mass is 16.5. The van der Waals surface area contributed by atoms with Crippen molar-refractivity contribution in [2.24, 2.45) is 5.41 Å². The summed E-state index contributed by atoms with van der Waals surface area (Å²) in [5, 5.41) is 37.3. The van der Waals surface area contributed by atoms with E-state index in [2.05, 4.69) is 48.5 Å². The van der Waals surface area contributed by atoms with Crippen molar-refractivity contribution in [2.75, 3.05) is 50.8 Å². The number of para-hydroxylation sites is 1. The van der Waals surface area contributed by atoms with E-state index in [0.29, 0.717) is 66.6 Å². The van der Waals surface area contributed by atoms with E-state index in [1.165, 1.54) is 4.90 Å². The third kappa shape index (κ3) is 9.22. The van der Waals surface area contributed by atoms with Crippen LogP contribution in [0.4, 0.5) is 10.7 Å². The molecule has 70 heavy (non-hydrogen) atoms. The Balaban J connectivity index is 0.714. The zero-order valence-corrected chi connectivity index (χ0v) is 40.4. The highest BCUT2D eigenvalue weighted by Crippen LogP contribution is 2.40. The molecule has 366 valence electrons. The van der Waals surface area contributed by atoms with Crippen LogP contribution < -0.4 is 20.3 Å². The van der Waals surface area contributed by atoms with Gasteiger partial charge in [-0.3, -0.25) is 9.59 Å². The van der Waals surface area contributed by atoms with Crippen molar-refractivity contribution < 1.29 is 29.3 Å². The molecule has 0 saturated carbocycles. The minimum atomic E-state index is -0.919. The van der Waals surface area contributed by atoms with Gasteiger partial charge in [-0.2, -0.15) is 0 Å². The number of piperidine rings is 2. The number of aliphatic hydroxyl groups is 1. The molecule has 0 spiro atoms. The SMILES string of the molecule is C#Cc1ccc2c(c1)OCC[C@@H]2NC(=O)[C@@H]1C[C@@H](O)CN1C(=O)[C@@H](NC(=O)N1CCC(N2CCC(c3cnc(N4CCc5[nH]c6nnc(-c7ccccc7O)cc6c5[C@H]4C)nc3)CC2)CC1)C(C)(C)C. The molecule has 8 heterocycles. The summed E-state index contributed by atoms with van der Waals surface area (Å²) < 4.78 is 5.83. The summed E-state index contributed by atoms with van der Waals surface area (Å²) >= 11 is 0. The number of urea groups is 1. The molecule has 17 heteroatoms. The van der Waals surface area contributed by atoms with Gasteiger partial charge in [0.05, 0.1) is 30.5 Å². The monoisotopic (exact) mass is 949 g/mol. The van der Waals surface area contributed by atoms with Gasteiger partial charge in [-0.05, 0) is 92.9 Å². The van der Waals surface area contributed by atoms with Crippen molar-refractivity contribution in [2.45, 2.75) is 115 Å². The lowest BCUT2D eigenvalue weighted by Crippen LogP contribution is -2.60. The summed E-state index contributed by atoms with van der Waals surface area (Å²) in [6.07, 6.45) is 13.8. The number of carbonyl (C=O) groups is 3. The summed E-state index contributed by atoms with van der Waals surface area (Å²) in [5.41, 5.74) is 6.26. The number of fused-ring (bicyclic) bond motifs is 4. The molecular weight excluding hydrogens is 887 g/mol. The van der Waals surface area contributed by atoms with Gasteiger partial charge in [0.15, 0.2) is 5.65 Å². The first-order chi connectivity index (χ1) is 33.7. The van der Waals surface area contributed by atoms with Gasteiger partial charge in [0, 0.05) is 97.2 Å². The highest BCUT2D eigenvalue weighted by molar-refractivity contribution is 5.93. The lowest BCUT2D eigenvalue weighted by Gasteiger charge is -2.42. The second-order valence-electron chi connectivity index (χ2n) is 20.7. The van der Waals surface area contributed by atoms with Gasteiger partial charge in [-0.25, -0.2) is 14.8 Å². The van der Waals surface area contributed by atoms with Crippen LogP contribution in [0, 0.1) is 17.8 Å². The summed E-state index contributed by atoms with van der Waals surface area (Å²) in [4.78, 5) is 63.5. The number of nitrogens with one attached hydrogen (secondary N) is 3. The van der Waals surface area contributed by atoms with Crippen LogP contribution >= 0.6 is 0 Å². The average molecular weight is 950 g/mol. The van der Waals surface area contributed by atoms with Crippen LogP contribution in [0.3, 0.4) is 0 Å². The molecule has 0 unspecified atom stereocenters. The van der Waals surface area contributed by atoms with Crippen LogP contribution in [0.15, 0.2) is 60.9 Å². The maximum Gasteiger partial charge on any atom is 0.318 e. The van der Waals surface area contributed by atoms with Crippen molar-refractivity contribution in [1.29, 1.82) is 0 Å². The Kier molecular flexibility index (Phi) is 12.9. The summed E-state index contributed by atoms with van der Waals surface area (Å²) in [7, 11) is 0. The lowest BCUT2D eigenvalue weighted by atomic mass is 9.85. The maximum atomic E-state index is 14.4. The molecule has 5 aliphatic heterocycles. The molecule has 5 N–H and O–H groups in total. The molecule has 4 amide bonds. The van der Waals surface area contributed by atoms with Crippen molar-refractivity contribution >= 4 is 34.8 Å². The van der Waals surface area contributed by atoms with E-state index < -0.39 is 23.6 Å². The lowest BCUT2D eigenvalue weighted by molar-refractivity contribution is -0.142. The third-order valence-electron chi connectivity index (χ3n) is 15.3. The number of β-amino-alcohol motifs (C(OH)–C–C–N with tert-alkyl or cyclic N) is 1. The number of anilines is 1. The number of nitrogens with zero attached hydrogens (tertiary/aromatic N) is 8. The van der Waals surface area contributed by atoms with Crippen LogP contribution in [0.25, 0.3) is 22.3 Å².